The van der Waals surface area contributed by atoms with E-state index in [-0.39, 0.29) is 0 Å². The number of anilines is 1. The maximum absolute atomic E-state index is 4.43. The minimum atomic E-state index is 0.450. The van der Waals surface area contributed by atoms with Crippen LogP contribution in [-0.4, -0.2) is 39.2 Å². The summed E-state index contributed by atoms with van der Waals surface area (Å²) >= 11 is 0. The van der Waals surface area contributed by atoms with Gasteiger partial charge in [0.25, 0.3) is 0 Å². The van der Waals surface area contributed by atoms with Crippen LogP contribution in [0, 0.1) is 19.8 Å². The van der Waals surface area contributed by atoms with Gasteiger partial charge in [-0.25, -0.2) is 0 Å². The normalized spacial score (nSPS) is 22.0. The van der Waals surface area contributed by atoms with Gasteiger partial charge in [-0.2, -0.15) is 5.10 Å². The van der Waals surface area contributed by atoms with E-state index in [1.54, 1.807) is 0 Å². The highest BCUT2D eigenvalue weighted by Gasteiger charge is 2.26. The minimum absolute atomic E-state index is 0.450. The molecule has 1 aliphatic rings. The third kappa shape index (κ3) is 4.05. The molecule has 2 aromatic heterocycles. The van der Waals surface area contributed by atoms with Crippen molar-refractivity contribution in [3.63, 3.8) is 0 Å². The van der Waals surface area contributed by atoms with Crippen molar-refractivity contribution in [3.05, 3.63) is 47.4 Å². The molecule has 2 unspecified atom stereocenters. The van der Waals surface area contributed by atoms with E-state index in [1.807, 2.05) is 19.2 Å². The standard InChI is InChI=1S/C18H25N5/c1-13-10-18(22-21-15(13)3)20-17-7-9-23(11-14(17)2)12-16-6-4-5-8-19-16/h4-6,8,10,14,17H,7,9,11-12H2,1-3H3,(H,20,22). The molecule has 0 amide bonds. The summed E-state index contributed by atoms with van der Waals surface area (Å²) in [5.41, 5.74) is 3.32. The van der Waals surface area contributed by atoms with E-state index in [4.69, 9.17) is 0 Å². The monoisotopic (exact) mass is 311 g/mol. The van der Waals surface area contributed by atoms with Crippen molar-refractivity contribution in [1.82, 2.24) is 20.1 Å². The number of hydrogen-bond donors (Lipinski definition) is 1. The third-order valence-electron chi connectivity index (χ3n) is 4.67. The molecule has 1 aliphatic heterocycles. The van der Waals surface area contributed by atoms with Crippen LogP contribution in [0.2, 0.25) is 0 Å². The molecule has 0 bridgehead atoms. The summed E-state index contributed by atoms with van der Waals surface area (Å²) < 4.78 is 0. The van der Waals surface area contributed by atoms with E-state index < -0.39 is 0 Å². The van der Waals surface area contributed by atoms with E-state index in [2.05, 4.69) is 57.4 Å². The highest BCUT2D eigenvalue weighted by Crippen LogP contribution is 2.22. The van der Waals surface area contributed by atoms with Crippen LogP contribution in [0.1, 0.15) is 30.3 Å². The second kappa shape index (κ2) is 7.04. The van der Waals surface area contributed by atoms with E-state index in [9.17, 15) is 0 Å². The van der Waals surface area contributed by atoms with Crippen molar-refractivity contribution in [2.45, 2.75) is 39.8 Å². The van der Waals surface area contributed by atoms with Gasteiger partial charge in [-0.3, -0.25) is 9.88 Å². The zero-order valence-corrected chi connectivity index (χ0v) is 14.2. The molecule has 0 aliphatic carbocycles. The molecule has 0 radical (unpaired) electrons. The summed E-state index contributed by atoms with van der Waals surface area (Å²) in [4.78, 5) is 6.91. The van der Waals surface area contributed by atoms with Crippen LogP contribution in [0.4, 0.5) is 5.82 Å². The number of nitrogens with zero attached hydrogens (tertiary/aromatic N) is 4. The molecule has 3 rings (SSSR count). The van der Waals surface area contributed by atoms with Gasteiger partial charge in [0.1, 0.15) is 5.82 Å². The molecular formula is C18H25N5. The number of nitrogens with one attached hydrogen (secondary N) is 1. The van der Waals surface area contributed by atoms with Crippen LogP contribution >= 0.6 is 0 Å². The van der Waals surface area contributed by atoms with Gasteiger partial charge in [0.05, 0.1) is 11.4 Å². The van der Waals surface area contributed by atoms with E-state index in [1.165, 1.54) is 5.56 Å². The van der Waals surface area contributed by atoms with Gasteiger partial charge in [0.2, 0.25) is 0 Å². The number of piperidine rings is 1. The zero-order valence-electron chi connectivity index (χ0n) is 14.2. The first kappa shape index (κ1) is 15.9. The molecule has 0 spiro atoms. The Kier molecular flexibility index (Phi) is 4.86. The molecule has 1 fully saturated rings. The lowest BCUT2D eigenvalue weighted by molar-refractivity contribution is 0.163. The van der Waals surface area contributed by atoms with Crippen LogP contribution in [0.3, 0.4) is 0 Å². The maximum Gasteiger partial charge on any atom is 0.149 e. The lowest BCUT2D eigenvalue weighted by Gasteiger charge is -2.37. The number of pyridine rings is 1. The maximum atomic E-state index is 4.43. The van der Waals surface area contributed by atoms with Gasteiger partial charge >= 0.3 is 0 Å². The highest BCUT2D eigenvalue weighted by atomic mass is 15.2. The number of likely N-dealkylation sites (tertiary alicyclic amines) is 1. The number of rotatable bonds is 4. The molecule has 0 saturated carbocycles. The largest absolute Gasteiger partial charge is 0.365 e. The predicted octanol–water partition coefficient (Wildman–Crippen LogP) is 2.81. The lowest BCUT2D eigenvalue weighted by Crippen LogP contribution is -2.45. The molecule has 122 valence electrons. The van der Waals surface area contributed by atoms with Crippen molar-refractivity contribution >= 4 is 5.82 Å². The molecule has 5 heteroatoms. The topological polar surface area (TPSA) is 53.9 Å². The summed E-state index contributed by atoms with van der Waals surface area (Å²) in [6, 6.07) is 8.66. The Morgan fingerprint density at radius 1 is 1.26 bits per heavy atom. The Labute approximate surface area is 138 Å². The number of aromatic nitrogens is 3. The second-order valence-electron chi connectivity index (χ2n) is 6.57. The molecule has 2 aromatic rings. The van der Waals surface area contributed by atoms with Crippen molar-refractivity contribution in [2.24, 2.45) is 5.92 Å². The zero-order chi connectivity index (χ0) is 16.2. The van der Waals surface area contributed by atoms with Gasteiger partial charge in [0, 0.05) is 31.9 Å². The highest BCUT2D eigenvalue weighted by molar-refractivity contribution is 5.38. The fourth-order valence-electron chi connectivity index (χ4n) is 3.12. The first-order chi connectivity index (χ1) is 11.1. The van der Waals surface area contributed by atoms with Gasteiger partial charge in [-0.15, -0.1) is 5.10 Å². The Bertz CT molecular complexity index is 643. The SMILES string of the molecule is Cc1cc(NC2CCN(Cc3ccccn3)CC2C)nnc1C. The summed E-state index contributed by atoms with van der Waals surface area (Å²) in [7, 11) is 0. The van der Waals surface area contributed by atoms with Gasteiger partial charge in [-0.1, -0.05) is 13.0 Å². The Morgan fingerprint density at radius 2 is 2.13 bits per heavy atom. The fourth-order valence-corrected chi connectivity index (χ4v) is 3.12. The van der Waals surface area contributed by atoms with Crippen LogP contribution in [0.15, 0.2) is 30.5 Å². The van der Waals surface area contributed by atoms with Gasteiger partial charge < -0.3 is 5.32 Å². The third-order valence-corrected chi connectivity index (χ3v) is 4.67. The lowest BCUT2D eigenvalue weighted by atomic mass is 9.93. The Morgan fingerprint density at radius 3 is 2.83 bits per heavy atom. The van der Waals surface area contributed by atoms with Crippen LogP contribution in [0.5, 0.6) is 0 Å². The van der Waals surface area contributed by atoms with Crippen LogP contribution < -0.4 is 5.32 Å². The van der Waals surface area contributed by atoms with E-state index in [0.29, 0.717) is 12.0 Å². The average Bonchev–Trinajstić information content (AvgIpc) is 2.54. The summed E-state index contributed by atoms with van der Waals surface area (Å²) in [5.74, 6) is 1.46. The molecule has 3 heterocycles. The van der Waals surface area contributed by atoms with Crippen LogP contribution in [0.25, 0.3) is 0 Å². The van der Waals surface area contributed by atoms with Gasteiger partial charge in [-0.05, 0) is 49.9 Å². The van der Waals surface area contributed by atoms with E-state index >= 15 is 0 Å². The van der Waals surface area contributed by atoms with Crippen molar-refractivity contribution in [1.29, 1.82) is 0 Å². The van der Waals surface area contributed by atoms with Crippen molar-refractivity contribution in [3.8, 4) is 0 Å². The number of aryl methyl sites for hydroxylation is 2. The first-order valence-electron chi connectivity index (χ1n) is 8.31. The summed E-state index contributed by atoms with van der Waals surface area (Å²) in [6.07, 6.45) is 2.98. The molecule has 23 heavy (non-hydrogen) atoms. The minimum Gasteiger partial charge on any atom is -0.365 e. The molecule has 1 N–H and O–H groups in total. The van der Waals surface area contributed by atoms with Crippen molar-refractivity contribution in [2.75, 3.05) is 18.4 Å². The smallest absolute Gasteiger partial charge is 0.149 e. The summed E-state index contributed by atoms with van der Waals surface area (Å²) in [6.45, 7) is 9.46. The van der Waals surface area contributed by atoms with E-state index in [0.717, 1.165) is 43.3 Å². The molecule has 0 aromatic carbocycles. The quantitative estimate of drug-likeness (QED) is 0.941. The van der Waals surface area contributed by atoms with Gasteiger partial charge in [0.15, 0.2) is 0 Å². The first-order valence-corrected chi connectivity index (χ1v) is 8.31. The molecule has 5 nitrogen and oxygen atoms in total. The molecule has 1 saturated heterocycles. The molecular weight excluding hydrogens is 286 g/mol. The Hall–Kier alpha value is -2.01. The summed E-state index contributed by atoms with van der Waals surface area (Å²) in [5, 5.41) is 12.0. The Balaban J connectivity index is 1.57. The second-order valence-corrected chi connectivity index (χ2v) is 6.57. The molecule has 2 atom stereocenters. The average molecular weight is 311 g/mol. The number of hydrogen-bond acceptors (Lipinski definition) is 5. The fraction of sp³-hybridized carbons (Fsp3) is 0.500. The predicted molar refractivity (Wildman–Crippen MR) is 92.2 cm³/mol. The van der Waals surface area contributed by atoms with Crippen molar-refractivity contribution < 1.29 is 0 Å². The van der Waals surface area contributed by atoms with Crippen LogP contribution in [-0.2, 0) is 6.54 Å².